The zero-order valence-corrected chi connectivity index (χ0v) is 8.27. The van der Waals surface area contributed by atoms with Crippen LogP contribution in [0, 0.1) is 0 Å². The Morgan fingerprint density at radius 1 is 1.33 bits per heavy atom. The lowest BCUT2D eigenvalue weighted by Gasteiger charge is -2.15. The molecule has 1 aliphatic heterocycles. The molecule has 0 bridgehead atoms. The topological polar surface area (TPSA) is 63.4 Å². The monoisotopic (exact) mass is 204 g/mol. The number of nitrogens with two attached hydrogens (primary N) is 1. The number of hydrogen-bond acceptors (Lipinski definition) is 3. The fourth-order valence-corrected chi connectivity index (χ4v) is 1.67. The van der Waals surface area contributed by atoms with Gasteiger partial charge >= 0.3 is 0 Å². The Hall–Kier alpha value is -1.68. The zero-order valence-electron chi connectivity index (χ0n) is 8.27. The summed E-state index contributed by atoms with van der Waals surface area (Å²) in [5.74, 6) is -0.160. The van der Waals surface area contributed by atoms with Crippen molar-refractivity contribution in [2.45, 2.75) is 13.0 Å². The smallest absolute Gasteiger partial charge is 0.234 e. The maximum Gasteiger partial charge on any atom is 0.234 e. The minimum atomic E-state index is -0.130. The highest BCUT2D eigenvalue weighted by Crippen LogP contribution is 2.20. The number of ketones is 1. The van der Waals surface area contributed by atoms with Crippen LogP contribution in [0.4, 0.5) is 5.69 Å². The molecule has 0 spiro atoms. The summed E-state index contributed by atoms with van der Waals surface area (Å²) < 4.78 is 0. The average Bonchev–Trinajstić information content (AvgIpc) is 2.58. The summed E-state index contributed by atoms with van der Waals surface area (Å²) in [7, 11) is 0. The molecule has 2 rings (SSSR count). The Bertz CT molecular complexity index is 415. The fourth-order valence-electron chi connectivity index (χ4n) is 1.67. The lowest BCUT2D eigenvalue weighted by Crippen LogP contribution is -2.24. The van der Waals surface area contributed by atoms with Crippen molar-refractivity contribution in [3.63, 3.8) is 0 Å². The molecule has 1 amide bonds. The summed E-state index contributed by atoms with van der Waals surface area (Å²) in [5, 5.41) is 0. The van der Waals surface area contributed by atoms with E-state index >= 15 is 0 Å². The van der Waals surface area contributed by atoms with E-state index in [-0.39, 0.29) is 24.7 Å². The van der Waals surface area contributed by atoms with Crippen LogP contribution in [0.1, 0.15) is 12.0 Å². The van der Waals surface area contributed by atoms with Gasteiger partial charge in [-0.05, 0) is 17.7 Å². The SMILES string of the molecule is NCc1cccc(N2CC(=O)CC2=O)c1. The van der Waals surface area contributed by atoms with Gasteiger partial charge < -0.3 is 10.6 Å². The molecule has 2 N–H and O–H groups in total. The molecule has 0 radical (unpaired) electrons. The molecule has 1 saturated heterocycles. The summed E-state index contributed by atoms with van der Waals surface area (Å²) in [5.41, 5.74) is 7.23. The zero-order chi connectivity index (χ0) is 10.8. The van der Waals surface area contributed by atoms with E-state index < -0.39 is 0 Å². The minimum absolute atomic E-state index is 0.0207. The largest absolute Gasteiger partial charge is 0.326 e. The molecule has 0 aromatic heterocycles. The van der Waals surface area contributed by atoms with Crippen LogP contribution >= 0.6 is 0 Å². The van der Waals surface area contributed by atoms with E-state index in [1.807, 2.05) is 24.3 Å². The third-order valence-corrected chi connectivity index (χ3v) is 2.44. The van der Waals surface area contributed by atoms with Gasteiger partial charge in [0.05, 0.1) is 13.0 Å². The van der Waals surface area contributed by atoms with Gasteiger partial charge in [-0.3, -0.25) is 9.59 Å². The molecule has 78 valence electrons. The highest BCUT2D eigenvalue weighted by Gasteiger charge is 2.28. The van der Waals surface area contributed by atoms with Crippen molar-refractivity contribution in [2.75, 3.05) is 11.4 Å². The quantitative estimate of drug-likeness (QED) is 0.711. The van der Waals surface area contributed by atoms with Crippen LogP contribution in [0.3, 0.4) is 0 Å². The molecule has 0 unspecified atom stereocenters. The lowest BCUT2D eigenvalue weighted by molar-refractivity contribution is -0.121. The maximum absolute atomic E-state index is 11.5. The number of benzene rings is 1. The molecule has 1 heterocycles. The minimum Gasteiger partial charge on any atom is -0.326 e. The van der Waals surface area contributed by atoms with Crippen molar-refractivity contribution in [1.82, 2.24) is 0 Å². The van der Waals surface area contributed by atoms with Crippen molar-refractivity contribution in [1.29, 1.82) is 0 Å². The van der Waals surface area contributed by atoms with Gasteiger partial charge in [-0.15, -0.1) is 0 Å². The maximum atomic E-state index is 11.5. The second-order valence-electron chi connectivity index (χ2n) is 3.57. The molecule has 4 heteroatoms. The number of rotatable bonds is 2. The van der Waals surface area contributed by atoms with Crippen LogP contribution in [0.2, 0.25) is 0 Å². The third kappa shape index (κ3) is 1.89. The van der Waals surface area contributed by atoms with Gasteiger partial charge in [0.1, 0.15) is 0 Å². The number of Topliss-reactive ketones (excluding diaryl/α,β-unsaturated/α-hetero) is 1. The normalized spacial score (nSPS) is 16.2. The first-order valence-electron chi connectivity index (χ1n) is 4.82. The van der Waals surface area contributed by atoms with Crippen molar-refractivity contribution >= 4 is 17.4 Å². The Morgan fingerprint density at radius 2 is 2.13 bits per heavy atom. The second-order valence-corrected chi connectivity index (χ2v) is 3.57. The summed E-state index contributed by atoms with van der Waals surface area (Å²) >= 11 is 0. The van der Waals surface area contributed by atoms with Crippen LogP contribution in [0.15, 0.2) is 24.3 Å². The van der Waals surface area contributed by atoms with Crippen LogP contribution < -0.4 is 10.6 Å². The standard InChI is InChI=1S/C11H12N2O2/c12-6-8-2-1-3-9(4-8)13-7-10(14)5-11(13)15/h1-4H,5-7,12H2. The van der Waals surface area contributed by atoms with Crippen LogP contribution in [-0.2, 0) is 16.1 Å². The molecule has 15 heavy (non-hydrogen) atoms. The molecule has 0 atom stereocenters. The first-order valence-corrected chi connectivity index (χ1v) is 4.82. The predicted molar refractivity (Wildman–Crippen MR) is 56.3 cm³/mol. The van der Waals surface area contributed by atoms with Crippen molar-refractivity contribution in [3.05, 3.63) is 29.8 Å². The summed E-state index contributed by atoms with van der Waals surface area (Å²) in [6.07, 6.45) is 0.0207. The molecule has 1 aromatic carbocycles. The second kappa shape index (κ2) is 3.82. The van der Waals surface area contributed by atoms with Gasteiger partial charge in [-0.1, -0.05) is 12.1 Å². The highest BCUT2D eigenvalue weighted by molar-refractivity contribution is 6.15. The van der Waals surface area contributed by atoms with E-state index in [9.17, 15) is 9.59 Å². The van der Waals surface area contributed by atoms with Gasteiger partial charge in [0.2, 0.25) is 5.91 Å². The molecule has 0 aliphatic carbocycles. The van der Waals surface area contributed by atoms with Crippen molar-refractivity contribution < 1.29 is 9.59 Å². The summed E-state index contributed by atoms with van der Waals surface area (Å²) in [6, 6.07) is 7.39. The Kier molecular flexibility index (Phi) is 2.51. The molecular formula is C11H12N2O2. The molecule has 4 nitrogen and oxygen atoms in total. The number of carbonyl (C=O) groups excluding carboxylic acids is 2. The van der Waals surface area contributed by atoms with Gasteiger partial charge in [0, 0.05) is 12.2 Å². The van der Waals surface area contributed by atoms with E-state index in [2.05, 4.69) is 0 Å². The summed E-state index contributed by atoms with van der Waals surface area (Å²) in [6.45, 7) is 0.622. The Labute approximate surface area is 87.7 Å². The first kappa shape index (κ1) is 9.86. The van der Waals surface area contributed by atoms with Gasteiger partial charge in [0.25, 0.3) is 0 Å². The van der Waals surface area contributed by atoms with Crippen LogP contribution in [0.25, 0.3) is 0 Å². The van der Waals surface area contributed by atoms with E-state index in [0.717, 1.165) is 11.3 Å². The van der Waals surface area contributed by atoms with Gasteiger partial charge in [-0.2, -0.15) is 0 Å². The van der Waals surface area contributed by atoms with Crippen LogP contribution in [-0.4, -0.2) is 18.2 Å². The fraction of sp³-hybridized carbons (Fsp3) is 0.273. The molecule has 1 fully saturated rings. The number of carbonyl (C=O) groups is 2. The van der Waals surface area contributed by atoms with Crippen molar-refractivity contribution in [2.24, 2.45) is 5.73 Å². The molecule has 1 aliphatic rings. The number of amides is 1. The Morgan fingerprint density at radius 3 is 2.73 bits per heavy atom. The molecule has 0 saturated carbocycles. The van der Waals surface area contributed by atoms with E-state index in [1.165, 1.54) is 4.90 Å². The molecular weight excluding hydrogens is 192 g/mol. The third-order valence-electron chi connectivity index (χ3n) is 2.44. The lowest BCUT2D eigenvalue weighted by atomic mass is 10.2. The Balaban J connectivity index is 2.29. The van der Waals surface area contributed by atoms with E-state index in [4.69, 9.17) is 5.73 Å². The predicted octanol–water partition coefficient (Wildman–Crippen LogP) is 0.451. The van der Waals surface area contributed by atoms with Crippen molar-refractivity contribution in [3.8, 4) is 0 Å². The highest BCUT2D eigenvalue weighted by atomic mass is 16.2. The van der Waals surface area contributed by atoms with Gasteiger partial charge in [0.15, 0.2) is 5.78 Å². The molecule has 1 aromatic rings. The summed E-state index contributed by atoms with van der Waals surface area (Å²) in [4.78, 5) is 24.1. The average molecular weight is 204 g/mol. The van der Waals surface area contributed by atoms with Crippen LogP contribution in [0.5, 0.6) is 0 Å². The number of anilines is 1. The van der Waals surface area contributed by atoms with Gasteiger partial charge in [-0.25, -0.2) is 0 Å². The number of nitrogens with zero attached hydrogens (tertiary/aromatic N) is 1. The van der Waals surface area contributed by atoms with E-state index in [1.54, 1.807) is 0 Å². The van der Waals surface area contributed by atoms with E-state index in [0.29, 0.717) is 6.54 Å². The number of hydrogen-bond donors (Lipinski definition) is 1. The first-order chi connectivity index (χ1) is 7.20.